The third-order valence-electron chi connectivity index (χ3n) is 5.29. The van der Waals surface area contributed by atoms with Crippen molar-refractivity contribution in [2.75, 3.05) is 6.54 Å². The number of alkyl halides is 3. The van der Waals surface area contributed by atoms with Crippen molar-refractivity contribution in [1.82, 2.24) is 15.5 Å². The summed E-state index contributed by atoms with van der Waals surface area (Å²) in [4.78, 5) is 11.7. The molecule has 1 aliphatic heterocycles. The van der Waals surface area contributed by atoms with E-state index in [4.69, 9.17) is 4.42 Å². The van der Waals surface area contributed by atoms with Crippen LogP contribution in [0.5, 0.6) is 0 Å². The van der Waals surface area contributed by atoms with Crippen molar-refractivity contribution in [3.8, 4) is 11.5 Å². The topological polar surface area (TPSA) is 68.0 Å². The zero-order chi connectivity index (χ0) is 23.3. The molecule has 8 heteroatoms. The van der Waals surface area contributed by atoms with Crippen molar-refractivity contribution in [3.05, 3.63) is 70.6 Å². The molecule has 1 unspecified atom stereocenters. The average Bonchev–Trinajstić information content (AvgIpc) is 3.37. The molecule has 0 saturated carbocycles. The van der Waals surface area contributed by atoms with Crippen LogP contribution in [0.1, 0.15) is 53.8 Å². The lowest BCUT2D eigenvalue weighted by molar-refractivity contribution is -0.137. The smallest absolute Gasteiger partial charge is 0.416 e. The maximum Gasteiger partial charge on any atom is 0.416 e. The minimum atomic E-state index is -4.22. The molecule has 1 atom stereocenters. The van der Waals surface area contributed by atoms with Crippen LogP contribution in [-0.4, -0.2) is 22.6 Å². The first-order chi connectivity index (χ1) is 15.2. The van der Waals surface area contributed by atoms with E-state index in [0.29, 0.717) is 11.8 Å². The zero-order valence-electron chi connectivity index (χ0n) is 18.3. The fourth-order valence-electron chi connectivity index (χ4n) is 3.55. The second-order valence-electron chi connectivity index (χ2n) is 7.78. The maximum absolute atomic E-state index is 12.1. The molecule has 1 saturated heterocycles. The van der Waals surface area contributed by atoms with Gasteiger partial charge in [-0.3, -0.25) is 4.79 Å². The molecule has 1 aliphatic rings. The van der Waals surface area contributed by atoms with Gasteiger partial charge in [-0.05, 0) is 54.7 Å². The molecule has 1 fully saturated rings. The van der Waals surface area contributed by atoms with Crippen LogP contribution < -0.4 is 5.32 Å². The van der Waals surface area contributed by atoms with Gasteiger partial charge < -0.3 is 9.73 Å². The summed E-state index contributed by atoms with van der Waals surface area (Å²) in [5.41, 5.74) is 3.35. The fraction of sp³-hybridized carbons (Fsp3) is 0.375. The molecule has 1 N–H and O–H groups in total. The molecular formula is C24H26F3N3O2. The average molecular weight is 445 g/mol. The van der Waals surface area contributed by atoms with Gasteiger partial charge in [-0.1, -0.05) is 37.6 Å². The summed E-state index contributed by atoms with van der Waals surface area (Å²) in [6.45, 7) is 6.50. The van der Waals surface area contributed by atoms with Crippen LogP contribution in [0.3, 0.4) is 0 Å². The summed E-state index contributed by atoms with van der Waals surface area (Å²) in [5.74, 6) is 1.08. The molecule has 0 spiro atoms. The number of nitrogens with zero attached hydrogens (tertiary/aromatic N) is 2. The van der Waals surface area contributed by atoms with E-state index in [2.05, 4.69) is 15.5 Å². The van der Waals surface area contributed by atoms with Gasteiger partial charge in [0.25, 0.3) is 0 Å². The highest BCUT2D eigenvalue weighted by Crippen LogP contribution is 2.30. The van der Waals surface area contributed by atoms with Crippen LogP contribution in [0.4, 0.5) is 13.2 Å². The van der Waals surface area contributed by atoms with E-state index in [0.717, 1.165) is 60.2 Å². The summed E-state index contributed by atoms with van der Waals surface area (Å²) >= 11 is 0. The van der Waals surface area contributed by atoms with Crippen molar-refractivity contribution in [2.24, 2.45) is 0 Å². The molecule has 32 heavy (non-hydrogen) atoms. The molecule has 2 heterocycles. The van der Waals surface area contributed by atoms with Crippen molar-refractivity contribution < 1.29 is 22.4 Å². The van der Waals surface area contributed by atoms with Crippen LogP contribution in [0.15, 0.2) is 46.9 Å². The summed E-state index contributed by atoms with van der Waals surface area (Å²) in [7, 11) is 0. The Morgan fingerprint density at radius 1 is 1.09 bits per heavy atom. The Hall–Kier alpha value is -3.16. The van der Waals surface area contributed by atoms with Gasteiger partial charge in [0, 0.05) is 19.0 Å². The molecule has 4 rings (SSSR count). The second kappa shape index (κ2) is 9.97. The summed E-state index contributed by atoms with van der Waals surface area (Å²) in [5, 5.41) is 10.8. The van der Waals surface area contributed by atoms with Gasteiger partial charge in [0.05, 0.1) is 11.5 Å². The SMILES string of the molecule is CCCc1ccc(C(F)(F)F)cc1.Cc1nnc(-c2cc(C3CCNC3=O)ccc2C)o1. The number of halogens is 3. The monoisotopic (exact) mass is 445 g/mol. The van der Waals surface area contributed by atoms with E-state index < -0.39 is 11.7 Å². The molecule has 1 aromatic heterocycles. The predicted octanol–water partition coefficient (Wildman–Crippen LogP) is 5.61. The van der Waals surface area contributed by atoms with Crippen LogP contribution >= 0.6 is 0 Å². The Bertz CT molecular complexity index is 1060. The Morgan fingerprint density at radius 3 is 2.34 bits per heavy atom. The van der Waals surface area contributed by atoms with Crippen LogP contribution in [0, 0.1) is 13.8 Å². The molecular weight excluding hydrogens is 419 g/mol. The second-order valence-corrected chi connectivity index (χ2v) is 7.78. The lowest BCUT2D eigenvalue weighted by Crippen LogP contribution is -2.17. The molecule has 0 bridgehead atoms. The maximum atomic E-state index is 12.1. The number of hydrogen-bond donors (Lipinski definition) is 1. The molecule has 170 valence electrons. The first-order valence-electron chi connectivity index (χ1n) is 10.5. The number of carbonyl (C=O) groups excluding carboxylic acids is 1. The minimum absolute atomic E-state index is 0.0663. The normalized spacial score (nSPS) is 15.8. The van der Waals surface area contributed by atoms with Crippen molar-refractivity contribution in [3.63, 3.8) is 0 Å². The van der Waals surface area contributed by atoms with Crippen molar-refractivity contribution in [2.45, 2.75) is 52.1 Å². The van der Waals surface area contributed by atoms with E-state index in [9.17, 15) is 18.0 Å². The first-order valence-corrected chi connectivity index (χ1v) is 10.5. The Balaban J connectivity index is 0.000000195. The van der Waals surface area contributed by atoms with Crippen molar-refractivity contribution >= 4 is 5.91 Å². The van der Waals surface area contributed by atoms with E-state index in [1.54, 1.807) is 6.92 Å². The van der Waals surface area contributed by atoms with Gasteiger partial charge in [0.1, 0.15) is 0 Å². The third-order valence-corrected chi connectivity index (χ3v) is 5.29. The van der Waals surface area contributed by atoms with E-state index in [1.807, 2.05) is 32.0 Å². The first kappa shape index (κ1) is 23.5. The lowest BCUT2D eigenvalue weighted by atomic mass is 9.94. The highest BCUT2D eigenvalue weighted by atomic mass is 19.4. The number of nitrogens with one attached hydrogen (secondary N) is 1. The molecule has 0 aliphatic carbocycles. The largest absolute Gasteiger partial charge is 0.421 e. The summed E-state index contributed by atoms with van der Waals surface area (Å²) < 4.78 is 41.8. The van der Waals surface area contributed by atoms with E-state index in [1.165, 1.54) is 12.1 Å². The Morgan fingerprint density at radius 2 is 1.81 bits per heavy atom. The standard InChI is InChI=1S/C14H15N3O2.C10H11F3/c1-8-3-4-10(11-5-6-15-13(11)18)7-12(8)14-17-16-9(2)19-14;1-2-3-8-4-6-9(7-5-8)10(11,12)13/h3-4,7,11H,5-6H2,1-2H3,(H,15,18);4-7H,2-3H2,1H3. The van der Waals surface area contributed by atoms with Crippen LogP contribution in [-0.2, 0) is 17.4 Å². The minimum Gasteiger partial charge on any atom is -0.421 e. The quantitative estimate of drug-likeness (QED) is 0.566. The summed E-state index contributed by atoms with van der Waals surface area (Å²) in [6, 6.07) is 11.3. The predicted molar refractivity (Wildman–Crippen MR) is 115 cm³/mol. The highest BCUT2D eigenvalue weighted by Gasteiger charge is 2.30. The molecule has 3 aromatic rings. The van der Waals surface area contributed by atoms with Gasteiger partial charge in [0.2, 0.25) is 17.7 Å². The number of aryl methyl sites for hydroxylation is 3. The van der Waals surface area contributed by atoms with Gasteiger partial charge in [-0.15, -0.1) is 10.2 Å². The number of benzene rings is 2. The highest BCUT2D eigenvalue weighted by molar-refractivity contribution is 5.86. The van der Waals surface area contributed by atoms with Gasteiger partial charge in [-0.2, -0.15) is 13.2 Å². The number of rotatable bonds is 4. The third kappa shape index (κ3) is 5.75. The molecule has 0 radical (unpaired) electrons. The molecule has 2 aromatic carbocycles. The lowest BCUT2D eigenvalue weighted by Gasteiger charge is -2.10. The van der Waals surface area contributed by atoms with E-state index in [-0.39, 0.29) is 11.8 Å². The molecule has 1 amide bonds. The van der Waals surface area contributed by atoms with Crippen molar-refractivity contribution in [1.29, 1.82) is 0 Å². The van der Waals surface area contributed by atoms with Crippen LogP contribution in [0.2, 0.25) is 0 Å². The number of amides is 1. The number of aromatic nitrogens is 2. The zero-order valence-corrected chi connectivity index (χ0v) is 18.3. The Kier molecular flexibility index (Phi) is 7.33. The summed E-state index contributed by atoms with van der Waals surface area (Å²) in [6.07, 6.45) is -1.60. The Labute approximate surface area is 185 Å². The number of carbonyl (C=O) groups is 1. The van der Waals surface area contributed by atoms with Gasteiger partial charge in [0.15, 0.2) is 0 Å². The van der Waals surface area contributed by atoms with Gasteiger partial charge in [-0.25, -0.2) is 0 Å². The molecule has 5 nitrogen and oxygen atoms in total. The van der Waals surface area contributed by atoms with E-state index >= 15 is 0 Å². The van der Waals surface area contributed by atoms with Gasteiger partial charge >= 0.3 is 6.18 Å². The fourth-order valence-corrected chi connectivity index (χ4v) is 3.55. The number of hydrogen-bond acceptors (Lipinski definition) is 4. The van der Waals surface area contributed by atoms with Crippen LogP contribution in [0.25, 0.3) is 11.5 Å².